The van der Waals surface area contributed by atoms with Crippen molar-refractivity contribution in [2.45, 2.75) is 6.92 Å². The molecule has 0 aliphatic heterocycles. The number of rotatable bonds is 6. The number of nitrogens with zero attached hydrogens (tertiary/aromatic N) is 2. The maximum Gasteiger partial charge on any atom is 0.311 e. The van der Waals surface area contributed by atoms with Gasteiger partial charge in [-0.15, -0.1) is 0 Å². The second kappa shape index (κ2) is 7.73. The summed E-state index contributed by atoms with van der Waals surface area (Å²) in [7, 11) is 0. The Kier molecular flexibility index (Phi) is 5.45. The lowest BCUT2D eigenvalue weighted by Gasteiger charge is -2.07. The Balaban J connectivity index is 1.92. The van der Waals surface area contributed by atoms with Gasteiger partial charge in [-0.25, -0.2) is 5.43 Å². The molecule has 0 fully saturated rings. The maximum absolute atomic E-state index is 11.7. The smallest absolute Gasteiger partial charge is 0.311 e. The van der Waals surface area contributed by atoms with Crippen LogP contribution in [0.3, 0.4) is 0 Å². The van der Waals surface area contributed by atoms with E-state index in [9.17, 15) is 20.0 Å². The first-order valence-corrected chi connectivity index (χ1v) is 7.07. The molecule has 0 spiro atoms. The summed E-state index contributed by atoms with van der Waals surface area (Å²) in [4.78, 5) is 21.7. The Morgan fingerprint density at radius 1 is 1.29 bits per heavy atom. The largest absolute Gasteiger partial charge is 0.502 e. The van der Waals surface area contributed by atoms with Gasteiger partial charge >= 0.3 is 5.69 Å². The second-order valence-corrected chi connectivity index (χ2v) is 4.93. The highest BCUT2D eigenvalue weighted by molar-refractivity contribution is 5.87. The van der Waals surface area contributed by atoms with Crippen LogP contribution < -0.4 is 10.7 Å². The number of aryl methyl sites for hydroxylation is 1. The normalized spacial score (nSPS) is 10.5. The molecule has 0 aliphatic rings. The molecule has 0 bridgehead atoms. The second-order valence-electron chi connectivity index (χ2n) is 4.93. The van der Waals surface area contributed by atoms with E-state index in [0.29, 0.717) is 0 Å². The molecule has 0 heterocycles. The zero-order valence-corrected chi connectivity index (χ0v) is 12.9. The molecule has 24 heavy (non-hydrogen) atoms. The van der Waals surface area contributed by atoms with Gasteiger partial charge < -0.3 is 10.4 Å². The van der Waals surface area contributed by atoms with Crippen molar-refractivity contribution >= 4 is 23.5 Å². The van der Waals surface area contributed by atoms with Crippen LogP contribution in [0.2, 0.25) is 0 Å². The third kappa shape index (κ3) is 4.29. The van der Waals surface area contributed by atoms with Crippen molar-refractivity contribution in [2.75, 3.05) is 11.9 Å². The van der Waals surface area contributed by atoms with Crippen molar-refractivity contribution in [3.8, 4) is 5.75 Å². The number of phenolic OH excluding ortho intramolecular Hbond substituents is 1. The minimum atomic E-state index is -0.697. The molecule has 2 aromatic carbocycles. The summed E-state index contributed by atoms with van der Waals surface area (Å²) in [5.41, 5.74) is 3.85. The van der Waals surface area contributed by atoms with E-state index >= 15 is 0 Å². The number of nitro groups is 1. The summed E-state index contributed by atoms with van der Waals surface area (Å²) in [6.45, 7) is 1.94. The number of carbonyl (C=O) groups is 1. The van der Waals surface area contributed by atoms with E-state index < -0.39 is 16.4 Å². The van der Waals surface area contributed by atoms with E-state index in [4.69, 9.17) is 0 Å². The summed E-state index contributed by atoms with van der Waals surface area (Å²) >= 11 is 0. The van der Waals surface area contributed by atoms with Crippen LogP contribution in [0.4, 0.5) is 11.4 Å². The molecular weight excluding hydrogens is 312 g/mol. The molecule has 3 N–H and O–H groups in total. The number of hydrazone groups is 1. The zero-order chi connectivity index (χ0) is 17.5. The highest BCUT2D eigenvalue weighted by atomic mass is 16.6. The molecule has 0 atom stereocenters. The molecule has 2 aromatic rings. The predicted molar refractivity (Wildman–Crippen MR) is 90.2 cm³/mol. The lowest BCUT2D eigenvalue weighted by atomic mass is 10.2. The summed E-state index contributed by atoms with van der Waals surface area (Å²) < 4.78 is 0. The monoisotopic (exact) mass is 328 g/mol. The molecule has 8 heteroatoms. The van der Waals surface area contributed by atoms with Gasteiger partial charge in [0.05, 0.1) is 17.7 Å². The fourth-order valence-corrected chi connectivity index (χ4v) is 1.96. The maximum atomic E-state index is 11.7. The number of hydrogen-bond acceptors (Lipinski definition) is 6. The Labute approximate surface area is 138 Å². The topological polar surface area (TPSA) is 117 Å². The SMILES string of the molecule is Cc1ccccc1NCC(=O)NN=Cc1cccc([N+](=O)[O-])c1O. The zero-order valence-electron chi connectivity index (χ0n) is 12.9. The molecule has 0 aromatic heterocycles. The van der Waals surface area contributed by atoms with E-state index in [0.717, 1.165) is 17.5 Å². The lowest BCUT2D eigenvalue weighted by Crippen LogP contribution is -2.26. The van der Waals surface area contributed by atoms with Crippen LogP contribution in [0.5, 0.6) is 5.75 Å². The Morgan fingerprint density at radius 3 is 2.75 bits per heavy atom. The average Bonchev–Trinajstić information content (AvgIpc) is 2.55. The number of nitrogens with one attached hydrogen (secondary N) is 2. The van der Waals surface area contributed by atoms with Gasteiger partial charge in [0.1, 0.15) is 0 Å². The summed E-state index contributed by atoms with van der Waals surface area (Å²) in [6, 6.07) is 11.6. The van der Waals surface area contributed by atoms with Crippen LogP contribution in [0.25, 0.3) is 0 Å². The minimum Gasteiger partial charge on any atom is -0.502 e. The van der Waals surface area contributed by atoms with E-state index in [2.05, 4.69) is 15.8 Å². The lowest BCUT2D eigenvalue weighted by molar-refractivity contribution is -0.385. The molecule has 0 saturated heterocycles. The number of para-hydroxylation sites is 2. The van der Waals surface area contributed by atoms with E-state index in [1.165, 1.54) is 18.2 Å². The van der Waals surface area contributed by atoms with Crippen LogP contribution >= 0.6 is 0 Å². The molecule has 8 nitrogen and oxygen atoms in total. The number of phenols is 1. The van der Waals surface area contributed by atoms with Crippen LogP contribution in [0.1, 0.15) is 11.1 Å². The number of aromatic hydroxyl groups is 1. The fourth-order valence-electron chi connectivity index (χ4n) is 1.96. The highest BCUT2D eigenvalue weighted by Gasteiger charge is 2.15. The molecule has 124 valence electrons. The van der Waals surface area contributed by atoms with Crippen molar-refractivity contribution in [3.63, 3.8) is 0 Å². The van der Waals surface area contributed by atoms with Gasteiger partial charge in [-0.2, -0.15) is 5.10 Å². The van der Waals surface area contributed by atoms with Crippen molar-refractivity contribution in [1.29, 1.82) is 0 Å². The van der Waals surface area contributed by atoms with Gasteiger partial charge in [0, 0.05) is 17.3 Å². The minimum absolute atomic E-state index is 0.0170. The van der Waals surface area contributed by atoms with Crippen LogP contribution in [0, 0.1) is 17.0 Å². The molecule has 0 unspecified atom stereocenters. The van der Waals surface area contributed by atoms with Gasteiger partial charge in [-0.1, -0.05) is 24.3 Å². The first-order valence-electron chi connectivity index (χ1n) is 7.07. The van der Waals surface area contributed by atoms with Crippen molar-refractivity contribution in [1.82, 2.24) is 5.43 Å². The summed E-state index contributed by atoms with van der Waals surface area (Å²) in [5, 5.41) is 27.1. The van der Waals surface area contributed by atoms with Crippen LogP contribution in [-0.2, 0) is 4.79 Å². The van der Waals surface area contributed by atoms with Gasteiger partial charge in [0.15, 0.2) is 0 Å². The van der Waals surface area contributed by atoms with E-state index in [1.807, 2.05) is 31.2 Å². The molecule has 0 radical (unpaired) electrons. The molecule has 0 saturated carbocycles. The third-order valence-electron chi connectivity index (χ3n) is 3.22. The molecular formula is C16H16N4O4. The van der Waals surface area contributed by atoms with Crippen molar-refractivity contribution in [3.05, 3.63) is 63.7 Å². The molecule has 1 amide bonds. The molecule has 0 aliphatic carbocycles. The Morgan fingerprint density at radius 2 is 2.04 bits per heavy atom. The van der Waals surface area contributed by atoms with Gasteiger partial charge in [0.2, 0.25) is 5.75 Å². The molecule has 2 rings (SSSR count). The summed E-state index contributed by atoms with van der Waals surface area (Å²) in [5.74, 6) is -0.891. The predicted octanol–water partition coefficient (Wildman–Crippen LogP) is 2.17. The number of anilines is 1. The first kappa shape index (κ1) is 16.9. The van der Waals surface area contributed by atoms with Gasteiger partial charge in [-0.05, 0) is 24.6 Å². The third-order valence-corrected chi connectivity index (χ3v) is 3.22. The summed E-state index contributed by atoms with van der Waals surface area (Å²) in [6.07, 6.45) is 1.15. The quantitative estimate of drug-likeness (QED) is 0.427. The van der Waals surface area contributed by atoms with E-state index in [-0.39, 0.29) is 18.0 Å². The van der Waals surface area contributed by atoms with Crippen LogP contribution in [0.15, 0.2) is 47.6 Å². The van der Waals surface area contributed by atoms with Gasteiger partial charge in [0.25, 0.3) is 5.91 Å². The highest BCUT2D eigenvalue weighted by Crippen LogP contribution is 2.27. The average molecular weight is 328 g/mol. The number of carbonyl (C=O) groups excluding carboxylic acids is 1. The van der Waals surface area contributed by atoms with Crippen molar-refractivity contribution in [2.24, 2.45) is 5.10 Å². The van der Waals surface area contributed by atoms with Crippen LogP contribution in [-0.4, -0.2) is 28.7 Å². The fraction of sp³-hybridized carbons (Fsp3) is 0.125. The Hall–Kier alpha value is -3.42. The number of nitro benzene ring substituents is 1. The number of amides is 1. The van der Waals surface area contributed by atoms with Gasteiger partial charge in [-0.3, -0.25) is 14.9 Å². The number of benzene rings is 2. The van der Waals surface area contributed by atoms with E-state index in [1.54, 1.807) is 0 Å². The standard InChI is InChI=1S/C16H16N4O4/c1-11-5-2-3-7-13(11)17-10-15(21)19-18-9-12-6-4-8-14(16(12)22)20(23)24/h2-9,17,22H,10H2,1H3,(H,19,21). The Bertz CT molecular complexity index is 789. The first-order chi connectivity index (χ1) is 11.5. The van der Waals surface area contributed by atoms with Crippen molar-refractivity contribution < 1.29 is 14.8 Å². The number of hydrogen-bond donors (Lipinski definition) is 3.